The van der Waals surface area contributed by atoms with Crippen LogP contribution >= 0.6 is 0 Å². The molecule has 0 bridgehead atoms. The average molecular weight is 470 g/mol. The van der Waals surface area contributed by atoms with E-state index in [2.05, 4.69) is 81.5 Å². The van der Waals surface area contributed by atoms with Gasteiger partial charge in [0.25, 0.3) is 8.32 Å². The van der Waals surface area contributed by atoms with E-state index in [1.807, 2.05) is 19.1 Å². The summed E-state index contributed by atoms with van der Waals surface area (Å²) >= 11 is 0. The summed E-state index contributed by atoms with van der Waals surface area (Å²) < 4.78 is 6.96. The fourth-order valence-electron chi connectivity index (χ4n) is 4.50. The number of unbranched alkanes of at least 4 members (excludes halogenated alkanes) is 3. The van der Waals surface area contributed by atoms with Crippen LogP contribution in [0.25, 0.3) is 0 Å². The molecule has 0 radical (unpaired) electrons. The highest BCUT2D eigenvalue weighted by atomic mass is 28.4. The Bertz CT molecular complexity index is 781. The zero-order valence-corrected chi connectivity index (χ0v) is 22.1. The lowest BCUT2D eigenvalue weighted by molar-refractivity contribution is -0.123. The van der Waals surface area contributed by atoms with Crippen molar-refractivity contribution >= 4 is 24.6 Å². The molecule has 2 aromatic carbocycles. The molecule has 4 nitrogen and oxygen atoms in total. The first-order valence-corrected chi connectivity index (χ1v) is 14.4. The Morgan fingerprint density at radius 3 is 1.94 bits per heavy atom. The van der Waals surface area contributed by atoms with Crippen molar-refractivity contribution in [1.82, 2.24) is 5.32 Å². The molecule has 2 rings (SSSR count). The van der Waals surface area contributed by atoms with Crippen molar-refractivity contribution in [1.29, 1.82) is 0 Å². The molecule has 0 aliphatic heterocycles. The number of hydrogen-bond acceptors (Lipinski definition) is 3. The van der Waals surface area contributed by atoms with E-state index in [1.165, 1.54) is 10.4 Å². The minimum Gasteiger partial charge on any atom is -0.405 e. The highest BCUT2D eigenvalue weighted by Gasteiger charge is 2.50. The quantitative estimate of drug-likeness (QED) is 0.328. The monoisotopic (exact) mass is 469 g/mol. The molecule has 0 saturated heterocycles. The number of amides is 1. The smallest absolute Gasteiger partial charge is 0.261 e. The fraction of sp³-hybridized carbons (Fsp3) is 0.536. The molecule has 0 aliphatic rings. The molecular formula is C28H43NO3Si. The van der Waals surface area contributed by atoms with Crippen molar-refractivity contribution in [3.8, 4) is 0 Å². The SMILES string of the molecule is CCCCCCC(=O)N[C@@H](CO[Si](c1ccccc1)(c1ccccc1)C(C)(C)C)[C@H](O)CC. The molecule has 2 atom stereocenters. The number of carbonyl (C=O) groups is 1. The third kappa shape index (κ3) is 7.26. The third-order valence-corrected chi connectivity index (χ3v) is 11.4. The highest BCUT2D eigenvalue weighted by Crippen LogP contribution is 2.36. The number of aliphatic hydroxyl groups is 1. The van der Waals surface area contributed by atoms with Gasteiger partial charge in [0.2, 0.25) is 5.91 Å². The van der Waals surface area contributed by atoms with Crippen molar-refractivity contribution in [3.63, 3.8) is 0 Å². The van der Waals surface area contributed by atoms with Gasteiger partial charge in [-0.25, -0.2) is 0 Å². The summed E-state index contributed by atoms with van der Waals surface area (Å²) in [5.74, 6) is -0.00495. The van der Waals surface area contributed by atoms with Gasteiger partial charge in [-0.3, -0.25) is 4.79 Å². The van der Waals surface area contributed by atoms with Gasteiger partial charge >= 0.3 is 0 Å². The average Bonchev–Trinajstić information content (AvgIpc) is 2.81. The molecule has 0 unspecified atom stereocenters. The molecule has 0 spiro atoms. The predicted octanol–water partition coefficient (Wildman–Crippen LogP) is 4.79. The molecular weight excluding hydrogens is 426 g/mol. The van der Waals surface area contributed by atoms with E-state index in [0.717, 1.165) is 25.7 Å². The summed E-state index contributed by atoms with van der Waals surface area (Å²) in [6.45, 7) is 11.1. The minimum absolute atomic E-state index is 0.00495. The predicted molar refractivity (Wildman–Crippen MR) is 141 cm³/mol. The Morgan fingerprint density at radius 1 is 0.939 bits per heavy atom. The molecule has 5 heteroatoms. The van der Waals surface area contributed by atoms with E-state index in [1.54, 1.807) is 0 Å². The normalized spacial score (nSPS) is 14.0. The maximum Gasteiger partial charge on any atom is 0.261 e. The summed E-state index contributed by atoms with van der Waals surface area (Å²) in [7, 11) is -2.72. The van der Waals surface area contributed by atoms with Crippen molar-refractivity contribution in [2.45, 2.75) is 90.3 Å². The second-order valence-corrected chi connectivity index (χ2v) is 14.2. The molecule has 0 aromatic heterocycles. The van der Waals surface area contributed by atoms with Gasteiger partial charge in [-0.1, -0.05) is 115 Å². The summed E-state index contributed by atoms with van der Waals surface area (Å²) in [5, 5.41) is 16.1. The minimum atomic E-state index is -2.72. The van der Waals surface area contributed by atoms with Gasteiger partial charge in [0.05, 0.1) is 18.8 Å². The molecule has 0 aliphatic carbocycles. The van der Waals surface area contributed by atoms with Crippen molar-refractivity contribution in [2.24, 2.45) is 0 Å². The summed E-state index contributed by atoms with van der Waals surface area (Å²) in [6, 6.07) is 20.5. The van der Waals surface area contributed by atoms with E-state index in [-0.39, 0.29) is 17.6 Å². The Hall–Kier alpha value is -1.95. The largest absolute Gasteiger partial charge is 0.405 e. The van der Waals surface area contributed by atoms with Crippen LogP contribution in [0.5, 0.6) is 0 Å². The van der Waals surface area contributed by atoms with E-state index >= 15 is 0 Å². The number of aliphatic hydroxyl groups excluding tert-OH is 1. The standard InChI is InChI=1S/C28H43NO3Si/c1-6-8-9-16-21-27(31)29-25(26(30)7-2)22-32-33(28(3,4)5,23-17-12-10-13-18-23)24-19-14-11-15-20-24/h10-15,17-20,25-26,30H,6-9,16,21-22H2,1-5H3,(H,29,31)/t25-,26+/m0/s1. The van der Waals surface area contributed by atoms with Crippen LogP contribution in [0, 0.1) is 0 Å². The van der Waals surface area contributed by atoms with Crippen LogP contribution in [0.4, 0.5) is 0 Å². The first-order valence-electron chi connectivity index (χ1n) is 12.5. The second-order valence-electron chi connectivity index (χ2n) is 9.93. The van der Waals surface area contributed by atoms with Crippen LogP contribution in [0.1, 0.15) is 73.1 Å². The van der Waals surface area contributed by atoms with E-state index < -0.39 is 20.5 Å². The topological polar surface area (TPSA) is 58.6 Å². The molecule has 182 valence electrons. The zero-order valence-electron chi connectivity index (χ0n) is 21.1. The Kier molecular flexibility index (Phi) is 10.8. The van der Waals surface area contributed by atoms with Gasteiger partial charge in [-0.05, 0) is 28.3 Å². The molecule has 0 heterocycles. The second kappa shape index (κ2) is 13.1. The maximum atomic E-state index is 12.6. The Labute approximate surface area is 201 Å². The van der Waals surface area contributed by atoms with Gasteiger partial charge in [0.1, 0.15) is 0 Å². The van der Waals surface area contributed by atoms with Crippen LogP contribution < -0.4 is 15.7 Å². The number of hydrogen-bond donors (Lipinski definition) is 2. The first-order chi connectivity index (χ1) is 15.8. The van der Waals surface area contributed by atoms with Crippen molar-refractivity contribution in [3.05, 3.63) is 60.7 Å². The van der Waals surface area contributed by atoms with Crippen LogP contribution in [0.2, 0.25) is 5.04 Å². The van der Waals surface area contributed by atoms with Gasteiger partial charge in [-0.2, -0.15) is 0 Å². The van der Waals surface area contributed by atoms with E-state index in [0.29, 0.717) is 12.8 Å². The van der Waals surface area contributed by atoms with Crippen LogP contribution in [0.15, 0.2) is 60.7 Å². The lowest BCUT2D eigenvalue weighted by Crippen LogP contribution is -2.67. The van der Waals surface area contributed by atoms with Crippen molar-refractivity contribution in [2.75, 3.05) is 6.61 Å². The number of benzene rings is 2. The summed E-state index contributed by atoms with van der Waals surface area (Å²) in [6.07, 6.45) is 4.63. The highest BCUT2D eigenvalue weighted by molar-refractivity contribution is 6.99. The maximum absolute atomic E-state index is 12.6. The van der Waals surface area contributed by atoms with Crippen LogP contribution in [0.3, 0.4) is 0 Å². The van der Waals surface area contributed by atoms with E-state index in [4.69, 9.17) is 4.43 Å². The Balaban J connectivity index is 2.33. The molecule has 0 fully saturated rings. The van der Waals surface area contributed by atoms with E-state index in [9.17, 15) is 9.90 Å². The van der Waals surface area contributed by atoms with Gasteiger partial charge in [0.15, 0.2) is 0 Å². The lowest BCUT2D eigenvalue weighted by atomic mass is 10.1. The molecule has 1 amide bonds. The molecule has 2 aromatic rings. The summed E-state index contributed by atoms with van der Waals surface area (Å²) in [4.78, 5) is 12.6. The zero-order chi connectivity index (χ0) is 24.3. The number of carbonyl (C=O) groups excluding carboxylic acids is 1. The van der Waals surface area contributed by atoms with Gasteiger partial charge in [-0.15, -0.1) is 0 Å². The lowest BCUT2D eigenvalue weighted by Gasteiger charge is -2.44. The number of nitrogens with one attached hydrogen (secondary N) is 1. The van der Waals surface area contributed by atoms with Crippen LogP contribution in [-0.4, -0.2) is 38.1 Å². The summed E-state index contributed by atoms with van der Waals surface area (Å²) in [5.41, 5.74) is 0. The van der Waals surface area contributed by atoms with Gasteiger partial charge < -0.3 is 14.8 Å². The van der Waals surface area contributed by atoms with Crippen LogP contribution in [-0.2, 0) is 9.22 Å². The number of rotatable bonds is 13. The van der Waals surface area contributed by atoms with Crippen molar-refractivity contribution < 1.29 is 14.3 Å². The third-order valence-electron chi connectivity index (χ3n) is 6.38. The molecule has 2 N–H and O–H groups in total. The molecule has 0 saturated carbocycles. The Morgan fingerprint density at radius 2 is 1.48 bits per heavy atom. The van der Waals surface area contributed by atoms with Gasteiger partial charge in [0, 0.05) is 6.42 Å². The molecule has 33 heavy (non-hydrogen) atoms. The fourth-order valence-corrected chi connectivity index (χ4v) is 9.09. The first kappa shape index (κ1) is 27.3.